The first-order chi connectivity index (χ1) is 11.6. The third-order valence-corrected chi connectivity index (χ3v) is 3.78. The molecule has 0 aliphatic heterocycles. The first kappa shape index (κ1) is 16.2. The summed E-state index contributed by atoms with van der Waals surface area (Å²) in [7, 11) is 0. The van der Waals surface area contributed by atoms with Crippen molar-refractivity contribution in [2.45, 2.75) is 6.10 Å². The Morgan fingerprint density at radius 1 is 1.17 bits per heavy atom. The second kappa shape index (κ2) is 7.29. The number of hydrogen-bond acceptors (Lipinski definition) is 4. The van der Waals surface area contributed by atoms with Crippen molar-refractivity contribution < 1.29 is 14.3 Å². The van der Waals surface area contributed by atoms with E-state index >= 15 is 0 Å². The van der Waals surface area contributed by atoms with Crippen molar-refractivity contribution >= 4 is 17.5 Å². The van der Waals surface area contributed by atoms with Gasteiger partial charge in [-0.15, -0.1) is 0 Å². The molecule has 2 heterocycles. The Labute approximate surface area is 143 Å². The summed E-state index contributed by atoms with van der Waals surface area (Å²) < 4.78 is 5.56. The molecule has 0 aliphatic rings. The van der Waals surface area contributed by atoms with Crippen LogP contribution < -0.4 is 5.32 Å². The summed E-state index contributed by atoms with van der Waals surface area (Å²) in [5.74, 6) is 0.248. The molecule has 0 saturated carbocycles. The maximum atomic E-state index is 12.1. The van der Waals surface area contributed by atoms with Gasteiger partial charge in [0.1, 0.15) is 11.9 Å². The Hall–Kier alpha value is -2.63. The molecule has 1 aromatic carbocycles. The van der Waals surface area contributed by atoms with Crippen molar-refractivity contribution in [1.82, 2.24) is 10.3 Å². The minimum absolute atomic E-state index is 0.0397. The lowest BCUT2D eigenvalue weighted by Crippen LogP contribution is -2.28. The van der Waals surface area contributed by atoms with Crippen LogP contribution in [-0.2, 0) is 0 Å². The van der Waals surface area contributed by atoms with E-state index in [1.165, 1.54) is 0 Å². The normalized spacial score (nSPS) is 11.9. The minimum Gasteiger partial charge on any atom is -0.451 e. The molecule has 2 aromatic heterocycles. The van der Waals surface area contributed by atoms with E-state index in [9.17, 15) is 9.90 Å². The van der Waals surface area contributed by atoms with E-state index in [4.69, 9.17) is 16.0 Å². The van der Waals surface area contributed by atoms with E-state index in [1.807, 2.05) is 18.2 Å². The molecule has 1 amide bonds. The molecule has 0 saturated heterocycles. The van der Waals surface area contributed by atoms with Gasteiger partial charge in [-0.05, 0) is 36.4 Å². The quantitative estimate of drug-likeness (QED) is 0.744. The summed E-state index contributed by atoms with van der Waals surface area (Å²) in [5, 5.41) is 13.2. The Balaban J connectivity index is 1.65. The van der Waals surface area contributed by atoms with Crippen LogP contribution >= 0.6 is 11.6 Å². The van der Waals surface area contributed by atoms with Crippen LogP contribution in [0.2, 0.25) is 5.02 Å². The zero-order valence-electron chi connectivity index (χ0n) is 12.6. The number of pyridine rings is 1. The number of furan rings is 1. The Morgan fingerprint density at radius 3 is 2.71 bits per heavy atom. The molecular formula is C18H15ClN2O3. The molecule has 0 bridgehead atoms. The van der Waals surface area contributed by atoms with Crippen LogP contribution in [0.4, 0.5) is 0 Å². The van der Waals surface area contributed by atoms with Gasteiger partial charge < -0.3 is 14.8 Å². The van der Waals surface area contributed by atoms with Crippen molar-refractivity contribution in [2.75, 3.05) is 6.54 Å². The summed E-state index contributed by atoms with van der Waals surface area (Å²) in [5.41, 5.74) is 1.21. The summed E-state index contributed by atoms with van der Waals surface area (Å²) in [4.78, 5) is 16.2. The van der Waals surface area contributed by atoms with Gasteiger partial charge in [0, 0.05) is 18.3 Å². The molecule has 0 spiro atoms. The number of carbonyl (C=O) groups excluding carboxylic acids is 1. The fourth-order valence-electron chi connectivity index (χ4n) is 2.22. The molecule has 24 heavy (non-hydrogen) atoms. The highest BCUT2D eigenvalue weighted by Crippen LogP contribution is 2.29. The van der Waals surface area contributed by atoms with Crippen LogP contribution in [0.25, 0.3) is 11.3 Å². The number of amides is 1. The number of benzene rings is 1. The van der Waals surface area contributed by atoms with E-state index in [0.29, 0.717) is 22.0 Å². The van der Waals surface area contributed by atoms with Crippen molar-refractivity contribution in [3.8, 4) is 11.3 Å². The van der Waals surface area contributed by atoms with Crippen molar-refractivity contribution in [3.63, 3.8) is 0 Å². The standard InChI is InChI=1S/C18H15ClN2O3/c19-13-6-2-1-5-12(13)16-8-9-17(24-16)18(23)21-11-15(22)14-7-3-4-10-20-14/h1-10,15,22H,11H2,(H,21,23)/t15-/m1/s1. The molecule has 5 nitrogen and oxygen atoms in total. The topological polar surface area (TPSA) is 75.4 Å². The summed E-state index contributed by atoms with van der Waals surface area (Å²) in [6.45, 7) is 0.0397. The van der Waals surface area contributed by atoms with Crippen LogP contribution in [-0.4, -0.2) is 22.5 Å². The maximum absolute atomic E-state index is 12.1. The summed E-state index contributed by atoms with van der Waals surface area (Å²) in [6, 6.07) is 15.7. The van der Waals surface area contributed by atoms with E-state index < -0.39 is 12.0 Å². The largest absolute Gasteiger partial charge is 0.451 e. The first-order valence-electron chi connectivity index (χ1n) is 7.37. The lowest BCUT2D eigenvalue weighted by molar-refractivity contribution is 0.0887. The van der Waals surface area contributed by atoms with Gasteiger partial charge in [-0.3, -0.25) is 9.78 Å². The second-order valence-corrected chi connectivity index (χ2v) is 5.53. The number of aromatic nitrogens is 1. The molecule has 122 valence electrons. The average Bonchev–Trinajstić information content (AvgIpc) is 3.10. The monoisotopic (exact) mass is 342 g/mol. The third kappa shape index (κ3) is 3.64. The van der Waals surface area contributed by atoms with Crippen LogP contribution in [0.1, 0.15) is 22.4 Å². The molecular weight excluding hydrogens is 328 g/mol. The number of aliphatic hydroxyl groups excluding tert-OH is 1. The van der Waals surface area contributed by atoms with Gasteiger partial charge in [0.05, 0.1) is 10.7 Å². The average molecular weight is 343 g/mol. The van der Waals surface area contributed by atoms with Crippen molar-refractivity contribution in [2.24, 2.45) is 0 Å². The molecule has 0 unspecified atom stereocenters. The first-order valence-corrected chi connectivity index (χ1v) is 7.75. The highest BCUT2D eigenvalue weighted by atomic mass is 35.5. The van der Waals surface area contributed by atoms with Gasteiger partial charge in [0.25, 0.3) is 5.91 Å². The van der Waals surface area contributed by atoms with Crippen molar-refractivity contribution in [3.05, 3.63) is 77.3 Å². The zero-order chi connectivity index (χ0) is 16.9. The van der Waals surface area contributed by atoms with E-state index in [-0.39, 0.29) is 12.3 Å². The van der Waals surface area contributed by atoms with E-state index in [2.05, 4.69) is 10.3 Å². The molecule has 1 atom stereocenters. The summed E-state index contributed by atoms with van der Waals surface area (Å²) in [6.07, 6.45) is 0.705. The maximum Gasteiger partial charge on any atom is 0.287 e. The number of halogens is 1. The van der Waals surface area contributed by atoms with E-state index in [1.54, 1.807) is 42.6 Å². The number of hydrogen-bond donors (Lipinski definition) is 2. The number of carbonyl (C=O) groups is 1. The number of nitrogens with one attached hydrogen (secondary N) is 1. The third-order valence-electron chi connectivity index (χ3n) is 3.45. The van der Waals surface area contributed by atoms with Gasteiger partial charge in [0.15, 0.2) is 5.76 Å². The fourth-order valence-corrected chi connectivity index (χ4v) is 2.45. The van der Waals surface area contributed by atoms with Crippen LogP contribution in [0.15, 0.2) is 65.2 Å². The Bertz CT molecular complexity index is 833. The predicted octanol–water partition coefficient (Wildman–Crippen LogP) is 3.46. The Morgan fingerprint density at radius 2 is 1.96 bits per heavy atom. The van der Waals surface area contributed by atoms with Crippen LogP contribution in [0, 0.1) is 0 Å². The second-order valence-electron chi connectivity index (χ2n) is 5.12. The molecule has 0 fully saturated rings. The molecule has 6 heteroatoms. The van der Waals surface area contributed by atoms with Gasteiger partial charge in [-0.25, -0.2) is 0 Å². The number of aliphatic hydroxyl groups is 1. The molecule has 2 N–H and O–H groups in total. The minimum atomic E-state index is -0.881. The highest BCUT2D eigenvalue weighted by molar-refractivity contribution is 6.33. The lowest BCUT2D eigenvalue weighted by atomic mass is 10.2. The molecule has 3 rings (SSSR count). The smallest absolute Gasteiger partial charge is 0.287 e. The van der Waals surface area contributed by atoms with Crippen LogP contribution in [0.5, 0.6) is 0 Å². The molecule has 0 aliphatic carbocycles. The highest BCUT2D eigenvalue weighted by Gasteiger charge is 2.16. The van der Waals surface area contributed by atoms with Gasteiger partial charge >= 0.3 is 0 Å². The number of nitrogens with zero attached hydrogens (tertiary/aromatic N) is 1. The van der Waals surface area contributed by atoms with Gasteiger partial charge in [0.2, 0.25) is 0 Å². The van der Waals surface area contributed by atoms with Crippen LogP contribution in [0.3, 0.4) is 0 Å². The predicted molar refractivity (Wildman–Crippen MR) is 90.7 cm³/mol. The zero-order valence-corrected chi connectivity index (χ0v) is 13.4. The number of rotatable bonds is 5. The molecule has 3 aromatic rings. The van der Waals surface area contributed by atoms with Gasteiger partial charge in [-0.1, -0.05) is 29.8 Å². The SMILES string of the molecule is O=C(NC[C@@H](O)c1ccccn1)c1ccc(-c2ccccc2Cl)o1. The van der Waals surface area contributed by atoms with Gasteiger partial charge in [-0.2, -0.15) is 0 Å². The lowest BCUT2D eigenvalue weighted by Gasteiger charge is -2.10. The Kier molecular flexibility index (Phi) is 4.93. The van der Waals surface area contributed by atoms with E-state index in [0.717, 1.165) is 0 Å². The molecule has 0 radical (unpaired) electrons. The van der Waals surface area contributed by atoms with Crippen molar-refractivity contribution in [1.29, 1.82) is 0 Å². The summed E-state index contributed by atoms with van der Waals surface area (Å²) >= 11 is 6.12. The fraction of sp³-hybridized carbons (Fsp3) is 0.111.